The zero-order valence-corrected chi connectivity index (χ0v) is 23.4. The molecule has 208 valence electrons. The Bertz CT molecular complexity index is 1310. The van der Waals surface area contributed by atoms with Crippen LogP contribution in [0.3, 0.4) is 0 Å². The van der Waals surface area contributed by atoms with Crippen LogP contribution in [0.25, 0.3) is 11.1 Å². The van der Waals surface area contributed by atoms with Gasteiger partial charge < -0.3 is 14.2 Å². The Morgan fingerprint density at radius 1 is 0.700 bits per heavy atom. The second-order valence-corrected chi connectivity index (χ2v) is 9.35. The van der Waals surface area contributed by atoms with Gasteiger partial charge in [-0.15, -0.1) is 0 Å². The number of Topliss-reactive ketones (excluding diaryl/α,β-unsaturated/α-hetero) is 1. The summed E-state index contributed by atoms with van der Waals surface area (Å²) in [6, 6.07) is 21.0. The summed E-state index contributed by atoms with van der Waals surface area (Å²) in [5.41, 5.74) is 2.62. The molecule has 3 rings (SSSR count). The van der Waals surface area contributed by atoms with Crippen LogP contribution >= 0.6 is 0 Å². The van der Waals surface area contributed by atoms with E-state index in [-0.39, 0.29) is 11.3 Å². The molecule has 0 aliphatic heterocycles. The number of unbranched alkanes of at least 4 members (excludes halogenated alkanes) is 4. The van der Waals surface area contributed by atoms with Gasteiger partial charge in [-0.3, -0.25) is 4.79 Å². The number of carbonyl (C=O) groups excluding carboxylic acids is 3. The van der Waals surface area contributed by atoms with Crippen LogP contribution in [-0.2, 0) is 9.53 Å². The molecule has 0 bridgehead atoms. The van der Waals surface area contributed by atoms with Gasteiger partial charge in [-0.1, -0.05) is 69.7 Å². The van der Waals surface area contributed by atoms with Crippen molar-refractivity contribution < 1.29 is 28.6 Å². The number of ether oxygens (including phenoxy) is 3. The second-order valence-electron chi connectivity index (χ2n) is 9.35. The molecule has 0 N–H and O–H groups in total. The monoisotopic (exact) mass is 540 g/mol. The van der Waals surface area contributed by atoms with E-state index in [2.05, 4.69) is 18.8 Å². The van der Waals surface area contributed by atoms with Crippen LogP contribution in [0.4, 0.5) is 0 Å². The highest BCUT2D eigenvalue weighted by Gasteiger charge is 2.18. The summed E-state index contributed by atoms with van der Waals surface area (Å²) in [6.07, 6.45) is 5.59. The molecule has 0 saturated carbocycles. The van der Waals surface area contributed by atoms with Crippen molar-refractivity contribution in [1.82, 2.24) is 0 Å². The summed E-state index contributed by atoms with van der Waals surface area (Å²) in [4.78, 5) is 36.8. The fourth-order valence-electron chi connectivity index (χ4n) is 3.82. The molecule has 3 aromatic rings. The van der Waals surface area contributed by atoms with Crippen molar-refractivity contribution in [2.45, 2.75) is 65.4 Å². The van der Waals surface area contributed by atoms with Gasteiger partial charge in [0.15, 0.2) is 6.10 Å². The molecule has 0 aliphatic rings. The Morgan fingerprint density at radius 3 is 1.88 bits per heavy atom. The van der Waals surface area contributed by atoms with Crippen LogP contribution in [-0.4, -0.2) is 30.4 Å². The average molecular weight is 541 g/mol. The fraction of sp³-hybridized carbons (Fsp3) is 0.324. The van der Waals surface area contributed by atoms with Crippen LogP contribution in [0.15, 0.2) is 72.8 Å². The molecule has 6 nitrogen and oxygen atoms in total. The zero-order valence-electron chi connectivity index (χ0n) is 23.4. The molecule has 0 spiro atoms. The smallest absolute Gasteiger partial charge is 0.343 e. The topological polar surface area (TPSA) is 78.9 Å². The fourth-order valence-corrected chi connectivity index (χ4v) is 3.82. The summed E-state index contributed by atoms with van der Waals surface area (Å²) in [5, 5.41) is 0. The van der Waals surface area contributed by atoms with Crippen molar-refractivity contribution in [2.75, 3.05) is 6.61 Å². The minimum absolute atomic E-state index is 0.232. The molecule has 0 heterocycles. The highest BCUT2D eigenvalue weighted by atomic mass is 16.5. The molecule has 0 saturated heterocycles. The van der Waals surface area contributed by atoms with Gasteiger partial charge in [0.1, 0.15) is 11.5 Å². The molecular weight excluding hydrogens is 504 g/mol. The highest BCUT2D eigenvalue weighted by Crippen LogP contribution is 2.24. The minimum atomic E-state index is -0.969. The zero-order chi connectivity index (χ0) is 28.7. The van der Waals surface area contributed by atoms with Crippen molar-refractivity contribution in [3.05, 3.63) is 83.9 Å². The second kappa shape index (κ2) is 15.9. The molecule has 0 fully saturated rings. The number of hydrogen-bond acceptors (Lipinski definition) is 6. The number of esters is 2. The Balaban J connectivity index is 1.50. The van der Waals surface area contributed by atoms with E-state index in [0.717, 1.165) is 29.9 Å². The number of benzene rings is 3. The van der Waals surface area contributed by atoms with Gasteiger partial charge in [-0.25, -0.2) is 9.59 Å². The third-order valence-corrected chi connectivity index (χ3v) is 6.17. The lowest BCUT2D eigenvalue weighted by atomic mass is 10.0. The number of ketones is 1. The van der Waals surface area contributed by atoms with E-state index in [4.69, 9.17) is 14.2 Å². The van der Waals surface area contributed by atoms with Gasteiger partial charge in [0.2, 0.25) is 5.78 Å². The Kier molecular flexibility index (Phi) is 12.0. The number of hydrogen-bond donors (Lipinski definition) is 0. The molecular formula is C34H36O6. The summed E-state index contributed by atoms with van der Waals surface area (Å²) in [5.74, 6) is 4.60. The summed E-state index contributed by atoms with van der Waals surface area (Å²) in [7, 11) is 0. The van der Waals surface area contributed by atoms with Crippen LogP contribution in [0.2, 0.25) is 0 Å². The molecule has 0 radical (unpaired) electrons. The SMILES string of the molecule is CCC#CC(=O)C(C)OC(=O)c1ccc(OC(=O)c2ccc(-c3ccc(OCCCCCCC)cc3)cc2)cc1. The maximum atomic E-state index is 12.6. The van der Waals surface area contributed by atoms with Gasteiger partial charge in [-0.05, 0) is 78.9 Å². The minimum Gasteiger partial charge on any atom is -0.494 e. The lowest BCUT2D eigenvalue weighted by Gasteiger charge is -2.10. The first-order valence-corrected chi connectivity index (χ1v) is 13.8. The quantitative estimate of drug-likeness (QED) is 0.0737. The molecule has 0 aromatic heterocycles. The normalized spacial score (nSPS) is 11.1. The van der Waals surface area contributed by atoms with E-state index in [0.29, 0.717) is 12.0 Å². The lowest BCUT2D eigenvalue weighted by molar-refractivity contribution is -0.121. The lowest BCUT2D eigenvalue weighted by Crippen LogP contribution is -2.23. The van der Waals surface area contributed by atoms with E-state index >= 15 is 0 Å². The average Bonchev–Trinajstić information content (AvgIpc) is 2.98. The summed E-state index contributed by atoms with van der Waals surface area (Å²) >= 11 is 0. The first-order chi connectivity index (χ1) is 19.4. The van der Waals surface area contributed by atoms with Gasteiger partial charge in [-0.2, -0.15) is 0 Å². The molecule has 1 atom stereocenters. The van der Waals surface area contributed by atoms with E-state index in [9.17, 15) is 14.4 Å². The van der Waals surface area contributed by atoms with Crippen molar-refractivity contribution in [3.63, 3.8) is 0 Å². The van der Waals surface area contributed by atoms with Crippen molar-refractivity contribution >= 4 is 17.7 Å². The third kappa shape index (κ3) is 9.43. The first kappa shape index (κ1) is 30.2. The van der Waals surface area contributed by atoms with Gasteiger partial charge >= 0.3 is 11.9 Å². The van der Waals surface area contributed by atoms with E-state index in [1.54, 1.807) is 12.1 Å². The van der Waals surface area contributed by atoms with E-state index in [1.165, 1.54) is 56.9 Å². The summed E-state index contributed by atoms with van der Waals surface area (Å²) < 4.78 is 16.5. The van der Waals surface area contributed by atoms with Crippen LogP contribution in [0.5, 0.6) is 11.5 Å². The Morgan fingerprint density at radius 2 is 1.25 bits per heavy atom. The van der Waals surface area contributed by atoms with Crippen LogP contribution in [0, 0.1) is 11.8 Å². The van der Waals surface area contributed by atoms with Gasteiger partial charge in [0.25, 0.3) is 0 Å². The van der Waals surface area contributed by atoms with Crippen LogP contribution in [0.1, 0.15) is 80.0 Å². The maximum absolute atomic E-state index is 12.6. The van der Waals surface area contributed by atoms with Crippen molar-refractivity contribution in [1.29, 1.82) is 0 Å². The predicted molar refractivity (Wildman–Crippen MR) is 155 cm³/mol. The van der Waals surface area contributed by atoms with Crippen molar-refractivity contribution in [2.24, 2.45) is 0 Å². The highest BCUT2D eigenvalue weighted by molar-refractivity contribution is 6.01. The number of carbonyl (C=O) groups is 3. The van der Waals surface area contributed by atoms with Gasteiger partial charge in [0.05, 0.1) is 17.7 Å². The Hall–Kier alpha value is -4.37. The Labute approximate surface area is 236 Å². The molecule has 3 aromatic carbocycles. The third-order valence-electron chi connectivity index (χ3n) is 6.17. The standard InChI is InChI=1S/C34H36O6/c1-4-6-8-9-10-24-38-30-20-16-27(17-21-30)26-12-14-28(15-13-26)34(37)40-31-22-18-29(19-23-31)33(36)39-25(3)32(35)11-7-5-2/h12-23,25H,4-6,8-10,24H2,1-3H3. The van der Waals surface area contributed by atoms with Gasteiger partial charge in [0, 0.05) is 6.42 Å². The first-order valence-electron chi connectivity index (χ1n) is 13.8. The molecule has 0 aliphatic carbocycles. The van der Waals surface area contributed by atoms with Crippen molar-refractivity contribution in [3.8, 4) is 34.5 Å². The maximum Gasteiger partial charge on any atom is 0.343 e. The van der Waals surface area contributed by atoms with E-state index < -0.39 is 23.8 Å². The summed E-state index contributed by atoms with van der Waals surface area (Å²) in [6.45, 7) is 6.24. The number of rotatable bonds is 13. The van der Waals surface area contributed by atoms with Crippen LogP contribution < -0.4 is 9.47 Å². The molecule has 0 amide bonds. The molecule has 40 heavy (non-hydrogen) atoms. The van der Waals surface area contributed by atoms with E-state index in [1.807, 2.05) is 43.3 Å². The molecule has 1 unspecified atom stereocenters. The predicted octanol–water partition coefficient (Wildman–Crippen LogP) is 7.45. The largest absolute Gasteiger partial charge is 0.494 e. The molecule has 6 heteroatoms.